The molecule has 2 atom stereocenters. The molecule has 2 heteroatoms. The van der Waals surface area contributed by atoms with Crippen molar-refractivity contribution < 1.29 is 0 Å². The van der Waals surface area contributed by atoms with Gasteiger partial charge < -0.3 is 5.32 Å². The zero-order valence-electron chi connectivity index (χ0n) is 13.4. The molecule has 3 aliphatic rings. The lowest BCUT2D eigenvalue weighted by Crippen LogP contribution is -2.49. The number of piperidine rings is 1. The van der Waals surface area contributed by atoms with Gasteiger partial charge in [-0.25, -0.2) is 0 Å². The van der Waals surface area contributed by atoms with Crippen molar-refractivity contribution in [1.82, 2.24) is 10.2 Å². The number of nitrogens with one attached hydrogen (secondary N) is 1. The van der Waals surface area contributed by atoms with Crippen LogP contribution in [0.1, 0.15) is 71.1 Å². The first kappa shape index (κ1) is 14.8. The first-order chi connectivity index (χ1) is 9.83. The Kier molecular flexibility index (Phi) is 5.39. The van der Waals surface area contributed by atoms with E-state index in [1.807, 2.05) is 0 Å². The van der Waals surface area contributed by atoms with E-state index in [0.717, 1.165) is 23.9 Å². The lowest BCUT2D eigenvalue weighted by Gasteiger charge is -2.44. The molecule has 0 bridgehead atoms. The summed E-state index contributed by atoms with van der Waals surface area (Å²) in [6.45, 7) is 6.30. The second-order valence-corrected chi connectivity index (χ2v) is 7.70. The third-order valence-corrected chi connectivity index (χ3v) is 6.21. The molecule has 3 rings (SSSR count). The van der Waals surface area contributed by atoms with Gasteiger partial charge in [0, 0.05) is 25.2 Å². The van der Waals surface area contributed by atoms with Crippen LogP contribution >= 0.6 is 0 Å². The van der Waals surface area contributed by atoms with Gasteiger partial charge in [0.2, 0.25) is 0 Å². The van der Waals surface area contributed by atoms with Crippen molar-refractivity contribution in [3.63, 3.8) is 0 Å². The molecule has 2 saturated carbocycles. The van der Waals surface area contributed by atoms with Crippen LogP contribution in [0.15, 0.2) is 0 Å². The molecular weight excluding hydrogens is 244 g/mol. The van der Waals surface area contributed by atoms with Crippen LogP contribution in [0.2, 0.25) is 0 Å². The van der Waals surface area contributed by atoms with E-state index >= 15 is 0 Å². The molecule has 0 aromatic heterocycles. The van der Waals surface area contributed by atoms with E-state index in [9.17, 15) is 0 Å². The second-order valence-electron chi connectivity index (χ2n) is 7.70. The lowest BCUT2D eigenvalue weighted by molar-refractivity contribution is 0.0608. The van der Waals surface area contributed by atoms with Crippen LogP contribution in [0.4, 0.5) is 0 Å². The van der Waals surface area contributed by atoms with E-state index in [1.54, 1.807) is 0 Å². The third kappa shape index (κ3) is 3.76. The second kappa shape index (κ2) is 7.26. The number of hydrogen-bond acceptors (Lipinski definition) is 2. The third-order valence-electron chi connectivity index (χ3n) is 6.21. The zero-order valence-corrected chi connectivity index (χ0v) is 13.4. The molecule has 116 valence electrons. The molecule has 0 aromatic rings. The maximum absolute atomic E-state index is 3.84. The van der Waals surface area contributed by atoms with Crippen molar-refractivity contribution in [2.24, 2.45) is 11.8 Å². The highest BCUT2D eigenvalue weighted by atomic mass is 15.2. The van der Waals surface area contributed by atoms with Crippen LogP contribution in [0.3, 0.4) is 0 Å². The van der Waals surface area contributed by atoms with Crippen molar-refractivity contribution in [2.75, 3.05) is 19.6 Å². The summed E-state index contributed by atoms with van der Waals surface area (Å²) in [5, 5.41) is 3.84. The first-order valence-electron chi connectivity index (χ1n) is 9.30. The average molecular weight is 278 g/mol. The molecule has 0 spiro atoms. The Balaban J connectivity index is 1.39. The van der Waals surface area contributed by atoms with Crippen LogP contribution < -0.4 is 5.32 Å². The molecule has 1 N–H and O–H groups in total. The largest absolute Gasteiger partial charge is 0.313 e. The molecule has 3 fully saturated rings. The molecule has 1 heterocycles. The van der Waals surface area contributed by atoms with Gasteiger partial charge in [-0.1, -0.05) is 19.8 Å². The summed E-state index contributed by atoms with van der Waals surface area (Å²) in [4.78, 5) is 2.83. The van der Waals surface area contributed by atoms with Crippen molar-refractivity contribution >= 4 is 0 Å². The van der Waals surface area contributed by atoms with Gasteiger partial charge in [0.05, 0.1) is 0 Å². The number of fused-ring (bicyclic) bond motifs is 1. The van der Waals surface area contributed by atoms with Crippen LogP contribution in [0, 0.1) is 11.8 Å². The molecule has 2 aliphatic carbocycles. The summed E-state index contributed by atoms with van der Waals surface area (Å²) >= 11 is 0. The Labute approximate surface area is 125 Å². The Bertz CT molecular complexity index is 281. The Morgan fingerprint density at radius 3 is 2.50 bits per heavy atom. The van der Waals surface area contributed by atoms with Crippen LogP contribution in [-0.2, 0) is 0 Å². The monoisotopic (exact) mass is 278 g/mol. The Morgan fingerprint density at radius 2 is 1.65 bits per heavy atom. The molecule has 0 radical (unpaired) electrons. The smallest absolute Gasteiger partial charge is 0.0124 e. The van der Waals surface area contributed by atoms with Crippen molar-refractivity contribution in [1.29, 1.82) is 0 Å². The minimum absolute atomic E-state index is 0.818. The predicted octanol–water partition coefficient (Wildman–Crippen LogP) is 3.81. The van der Waals surface area contributed by atoms with E-state index in [1.165, 1.54) is 83.8 Å². The van der Waals surface area contributed by atoms with Crippen molar-refractivity contribution in [3.05, 3.63) is 0 Å². The summed E-state index contributed by atoms with van der Waals surface area (Å²) in [6, 6.07) is 1.75. The topological polar surface area (TPSA) is 15.3 Å². The van der Waals surface area contributed by atoms with Gasteiger partial charge in [0.25, 0.3) is 0 Å². The lowest BCUT2D eigenvalue weighted by atomic mass is 9.78. The normalized spacial score (nSPS) is 39.5. The maximum Gasteiger partial charge on any atom is 0.0124 e. The maximum atomic E-state index is 3.84. The van der Waals surface area contributed by atoms with Crippen LogP contribution in [0.5, 0.6) is 0 Å². The molecule has 0 aromatic carbocycles. The molecule has 2 nitrogen and oxygen atoms in total. The van der Waals surface area contributed by atoms with Gasteiger partial charge in [-0.2, -0.15) is 0 Å². The van der Waals surface area contributed by atoms with Crippen molar-refractivity contribution in [2.45, 2.75) is 83.2 Å². The fraction of sp³-hybridized carbons (Fsp3) is 1.00. The number of hydrogen-bond donors (Lipinski definition) is 1. The van der Waals surface area contributed by atoms with E-state index in [-0.39, 0.29) is 0 Å². The molecule has 1 aliphatic heterocycles. The minimum atomic E-state index is 0.818. The van der Waals surface area contributed by atoms with E-state index in [2.05, 4.69) is 17.1 Å². The summed E-state index contributed by atoms with van der Waals surface area (Å²) in [5.41, 5.74) is 0. The molecular formula is C18H34N2. The Hall–Kier alpha value is -0.0800. The number of likely N-dealkylation sites (tertiary alicyclic amines) is 1. The van der Waals surface area contributed by atoms with Crippen LogP contribution in [0.25, 0.3) is 0 Å². The summed E-state index contributed by atoms with van der Waals surface area (Å²) in [6.07, 6.45) is 14.6. The standard InChI is InChI=1S/C18H34N2/c1-15-8-10-17(11-9-15)19-12-14-20-13-4-6-16-5-2-3-7-18(16)20/h15-19H,2-14H2,1H3/t15?,16-,17?,18-/m1/s1. The van der Waals surface area contributed by atoms with Gasteiger partial charge in [-0.3, -0.25) is 4.90 Å². The quantitative estimate of drug-likeness (QED) is 0.841. The predicted molar refractivity (Wildman–Crippen MR) is 86.0 cm³/mol. The fourth-order valence-electron chi connectivity index (χ4n) is 4.88. The molecule has 0 amide bonds. The summed E-state index contributed by atoms with van der Waals surface area (Å²) < 4.78 is 0. The van der Waals surface area contributed by atoms with Gasteiger partial charge in [-0.15, -0.1) is 0 Å². The van der Waals surface area contributed by atoms with Gasteiger partial charge in [0.1, 0.15) is 0 Å². The fourth-order valence-corrected chi connectivity index (χ4v) is 4.88. The zero-order chi connectivity index (χ0) is 13.8. The Morgan fingerprint density at radius 1 is 0.900 bits per heavy atom. The van der Waals surface area contributed by atoms with Crippen LogP contribution in [-0.4, -0.2) is 36.6 Å². The highest BCUT2D eigenvalue weighted by Crippen LogP contribution is 2.34. The minimum Gasteiger partial charge on any atom is -0.313 e. The molecule has 20 heavy (non-hydrogen) atoms. The summed E-state index contributed by atoms with van der Waals surface area (Å²) in [5.74, 6) is 2.01. The molecule has 1 saturated heterocycles. The molecule has 0 unspecified atom stereocenters. The van der Waals surface area contributed by atoms with Crippen molar-refractivity contribution in [3.8, 4) is 0 Å². The van der Waals surface area contributed by atoms with Gasteiger partial charge >= 0.3 is 0 Å². The highest BCUT2D eigenvalue weighted by Gasteiger charge is 2.32. The van der Waals surface area contributed by atoms with E-state index in [4.69, 9.17) is 0 Å². The van der Waals surface area contributed by atoms with E-state index in [0.29, 0.717) is 0 Å². The van der Waals surface area contributed by atoms with Gasteiger partial charge in [-0.05, 0) is 69.7 Å². The number of nitrogens with zero attached hydrogens (tertiary/aromatic N) is 1. The first-order valence-corrected chi connectivity index (χ1v) is 9.30. The average Bonchev–Trinajstić information content (AvgIpc) is 2.49. The number of rotatable bonds is 4. The SMILES string of the molecule is CC1CCC(NCCN2CCC[C@H]3CCCC[C@H]32)CC1. The van der Waals surface area contributed by atoms with Gasteiger partial charge in [0.15, 0.2) is 0 Å². The summed E-state index contributed by atoms with van der Waals surface area (Å²) in [7, 11) is 0. The van der Waals surface area contributed by atoms with E-state index < -0.39 is 0 Å². The highest BCUT2D eigenvalue weighted by molar-refractivity contribution is 4.87.